The van der Waals surface area contributed by atoms with Crippen LogP contribution in [0.25, 0.3) is 0 Å². The maximum absolute atomic E-state index is 8.68. The third-order valence-electron chi connectivity index (χ3n) is 2.39. The molecule has 1 aromatic carbocycles. The fraction of sp³-hybridized carbons (Fsp3) is 0.462. The van der Waals surface area contributed by atoms with Crippen LogP contribution >= 0.6 is 0 Å². The number of benzene rings is 1. The molecule has 4 nitrogen and oxygen atoms in total. The summed E-state index contributed by atoms with van der Waals surface area (Å²) in [6, 6.07) is 9.67. The predicted molar refractivity (Wildman–Crippen MR) is 65.4 cm³/mol. The van der Waals surface area contributed by atoms with Gasteiger partial charge in [0.2, 0.25) is 0 Å². The molecule has 0 amide bonds. The highest BCUT2D eigenvalue weighted by molar-refractivity contribution is 5.31. The second kappa shape index (κ2) is 7.80. The summed E-state index contributed by atoms with van der Waals surface area (Å²) in [7, 11) is 2.01. The van der Waals surface area contributed by atoms with Gasteiger partial charge in [0.05, 0.1) is 31.5 Å². The number of nitrogens with zero attached hydrogens (tertiary/aromatic N) is 2. The minimum Gasteiger partial charge on any atom is -0.394 e. The third kappa shape index (κ3) is 5.45. The van der Waals surface area contributed by atoms with Gasteiger partial charge < -0.3 is 9.84 Å². The Hall–Kier alpha value is -1.41. The van der Waals surface area contributed by atoms with Crippen molar-refractivity contribution in [1.29, 1.82) is 5.26 Å². The summed E-state index contributed by atoms with van der Waals surface area (Å²) in [5.41, 5.74) is 1.86. The van der Waals surface area contributed by atoms with Crippen molar-refractivity contribution in [3.63, 3.8) is 0 Å². The summed E-state index contributed by atoms with van der Waals surface area (Å²) >= 11 is 0. The average Bonchev–Trinajstić information content (AvgIpc) is 2.36. The SMILES string of the molecule is CN(CCOCCO)Cc1ccc(C#N)cc1. The largest absolute Gasteiger partial charge is 0.394 e. The summed E-state index contributed by atoms with van der Waals surface area (Å²) in [6.07, 6.45) is 0. The lowest BCUT2D eigenvalue weighted by Crippen LogP contribution is -2.23. The Kier molecular flexibility index (Phi) is 6.26. The topological polar surface area (TPSA) is 56.5 Å². The van der Waals surface area contributed by atoms with Crippen LogP contribution in [0.15, 0.2) is 24.3 Å². The van der Waals surface area contributed by atoms with Gasteiger partial charge in [0.15, 0.2) is 0 Å². The number of rotatable bonds is 7. The van der Waals surface area contributed by atoms with Crippen LogP contribution in [0.2, 0.25) is 0 Å². The number of ether oxygens (including phenoxy) is 1. The van der Waals surface area contributed by atoms with Gasteiger partial charge in [-0.2, -0.15) is 5.26 Å². The molecule has 0 atom stereocenters. The molecule has 0 saturated heterocycles. The summed E-state index contributed by atoms with van der Waals surface area (Å²) in [4.78, 5) is 2.14. The van der Waals surface area contributed by atoms with Crippen LogP contribution in [0.4, 0.5) is 0 Å². The van der Waals surface area contributed by atoms with Gasteiger partial charge in [0.25, 0.3) is 0 Å². The van der Waals surface area contributed by atoms with Crippen molar-refractivity contribution < 1.29 is 9.84 Å². The molecule has 1 rings (SSSR count). The van der Waals surface area contributed by atoms with E-state index in [0.29, 0.717) is 18.8 Å². The summed E-state index contributed by atoms with van der Waals surface area (Å²) in [5.74, 6) is 0. The normalized spacial score (nSPS) is 10.5. The van der Waals surface area contributed by atoms with E-state index in [9.17, 15) is 0 Å². The average molecular weight is 234 g/mol. The van der Waals surface area contributed by atoms with E-state index in [1.807, 2.05) is 31.3 Å². The molecule has 1 N–H and O–H groups in total. The Bertz CT molecular complexity index is 357. The molecule has 4 heteroatoms. The van der Waals surface area contributed by atoms with Crippen molar-refractivity contribution in [2.45, 2.75) is 6.54 Å². The van der Waals surface area contributed by atoms with Crippen LogP contribution in [0.5, 0.6) is 0 Å². The van der Waals surface area contributed by atoms with Crippen molar-refractivity contribution in [3.8, 4) is 6.07 Å². The van der Waals surface area contributed by atoms with Gasteiger partial charge in [0.1, 0.15) is 0 Å². The predicted octanol–water partition coefficient (Wildman–Crippen LogP) is 0.999. The third-order valence-corrected chi connectivity index (χ3v) is 2.39. The van der Waals surface area contributed by atoms with Gasteiger partial charge in [-0.3, -0.25) is 4.90 Å². The lowest BCUT2D eigenvalue weighted by Gasteiger charge is -2.16. The molecule has 0 aliphatic carbocycles. The van der Waals surface area contributed by atoms with Gasteiger partial charge in [0, 0.05) is 13.1 Å². The number of nitriles is 1. The standard InChI is InChI=1S/C13H18N2O2/c1-15(6-8-17-9-7-16)11-13-4-2-12(10-14)3-5-13/h2-5,16H,6-9,11H2,1H3. The monoisotopic (exact) mass is 234 g/mol. The molecule has 0 radical (unpaired) electrons. The van der Waals surface area contributed by atoms with E-state index in [1.165, 1.54) is 5.56 Å². The minimum atomic E-state index is 0.0688. The molecule has 92 valence electrons. The van der Waals surface area contributed by atoms with E-state index < -0.39 is 0 Å². The van der Waals surface area contributed by atoms with Crippen LogP contribution in [0, 0.1) is 11.3 Å². The molecule has 0 saturated carbocycles. The van der Waals surface area contributed by atoms with Crippen LogP contribution in [0.1, 0.15) is 11.1 Å². The van der Waals surface area contributed by atoms with Crippen molar-refractivity contribution in [3.05, 3.63) is 35.4 Å². The van der Waals surface area contributed by atoms with E-state index in [4.69, 9.17) is 15.1 Å². The molecular weight excluding hydrogens is 216 g/mol. The molecule has 0 spiro atoms. The van der Waals surface area contributed by atoms with Crippen LogP contribution in [0.3, 0.4) is 0 Å². The van der Waals surface area contributed by atoms with Crippen molar-refractivity contribution in [2.75, 3.05) is 33.4 Å². The van der Waals surface area contributed by atoms with Crippen LogP contribution in [-0.4, -0.2) is 43.4 Å². The van der Waals surface area contributed by atoms with Gasteiger partial charge >= 0.3 is 0 Å². The Morgan fingerprint density at radius 3 is 2.59 bits per heavy atom. The lowest BCUT2D eigenvalue weighted by molar-refractivity contribution is 0.0773. The highest BCUT2D eigenvalue weighted by Gasteiger charge is 2.00. The van der Waals surface area contributed by atoms with Gasteiger partial charge in [-0.15, -0.1) is 0 Å². The van der Waals surface area contributed by atoms with Crippen molar-refractivity contribution >= 4 is 0 Å². The van der Waals surface area contributed by atoms with Crippen LogP contribution in [-0.2, 0) is 11.3 Å². The molecule has 0 aliphatic heterocycles. The Labute approximate surface area is 102 Å². The van der Waals surface area contributed by atoms with Crippen molar-refractivity contribution in [2.24, 2.45) is 0 Å². The minimum absolute atomic E-state index is 0.0688. The lowest BCUT2D eigenvalue weighted by atomic mass is 10.1. The Morgan fingerprint density at radius 1 is 1.29 bits per heavy atom. The summed E-state index contributed by atoms with van der Waals surface area (Å²) in [6.45, 7) is 2.73. The first-order valence-corrected chi connectivity index (χ1v) is 5.62. The number of hydrogen-bond donors (Lipinski definition) is 1. The second-order valence-corrected chi connectivity index (χ2v) is 3.88. The maximum atomic E-state index is 8.68. The Balaban J connectivity index is 2.30. The van der Waals surface area contributed by atoms with Gasteiger partial charge in [-0.05, 0) is 24.7 Å². The fourth-order valence-electron chi connectivity index (χ4n) is 1.46. The zero-order chi connectivity index (χ0) is 12.5. The number of aliphatic hydroxyl groups is 1. The van der Waals surface area contributed by atoms with E-state index in [0.717, 1.165) is 13.1 Å². The van der Waals surface area contributed by atoms with E-state index >= 15 is 0 Å². The molecule has 0 aromatic heterocycles. The van der Waals surface area contributed by atoms with E-state index in [1.54, 1.807) is 0 Å². The molecule has 0 heterocycles. The maximum Gasteiger partial charge on any atom is 0.0991 e. The number of aliphatic hydroxyl groups excluding tert-OH is 1. The highest BCUT2D eigenvalue weighted by atomic mass is 16.5. The number of likely N-dealkylation sites (N-methyl/N-ethyl adjacent to an activating group) is 1. The molecule has 1 aromatic rings. The van der Waals surface area contributed by atoms with Crippen molar-refractivity contribution in [1.82, 2.24) is 4.90 Å². The number of hydrogen-bond acceptors (Lipinski definition) is 4. The fourth-order valence-corrected chi connectivity index (χ4v) is 1.46. The zero-order valence-electron chi connectivity index (χ0n) is 10.1. The molecular formula is C13H18N2O2. The first-order chi connectivity index (χ1) is 8.26. The quantitative estimate of drug-likeness (QED) is 0.715. The zero-order valence-corrected chi connectivity index (χ0v) is 10.1. The molecule has 17 heavy (non-hydrogen) atoms. The van der Waals surface area contributed by atoms with E-state index in [2.05, 4.69) is 11.0 Å². The second-order valence-electron chi connectivity index (χ2n) is 3.88. The summed E-state index contributed by atoms with van der Waals surface area (Å²) in [5, 5.41) is 17.2. The molecule has 0 bridgehead atoms. The molecule has 0 aliphatic rings. The van der Waals surface area contributed by atoms with E-state index in [-0.39, 0.29) is 6.61 Å². The first-order valence-electron chi connectivity index (χ1n) is 5.62. The van der Waals surface area contributed by atoms with Gasteiger partial charge in [-0.25, -0.2) is 0 Å². The van der Waals surface area contributed by atoms with Gasteiger partial charge in [-0.1, -0.05) is 12.1 Å². The highest BCUT2D eigenvalue weighted by Crippen LogP contribution is 2.05. The molecule has 0 fully saturated rings. The van der Waals surface area contributed by atoms with Crippen LogP contribution < -0.4 is 0 Å². The molecule has 0 unspecified atom stereocenters. The smallest absolute Gasteiger partial charge is 0.0991 e. The first kappa shape index (κ1) is 13.7. The Morgan fingerprint density at radius 2 is 2.00 bits per heavy atom. The summed E-state index contributed by atoms with van der Waals surface area (Å²) < 4.78 is 5.19.